The highest BCUT2D eigenvalue weighted by Gasteiger charge is 2.52. The van der Waals surface area contributed by atoms with Crippen LogP contribution in [0.2, 0.25) is 0 Å². The second kappa shape index (κ2) is 13.0. The smallest absolute Gasteiger partial charge is 0.408 e. The highest BCUT2D eigenvalue weighted by molar-refractivity contribution is 5.80. The lowest BCUT2D eigenvalue weighted by Gasteiger charge is -2.45. The van der Waals surface area contributed by atoms with Crippen molar-refractivity contribution in [2.45, 2.75) is 97.0 Å². The van der Waals surface area contributed by atoms with E-state index < -0.39 is 91.1 Å². The van der Waals surface area contributed by atoms with Crippen LogP contribution in [-0.4, -0.2) is 89.8 Å². The Bertz CT molecular complexity index is 849. The highest BCUT2D eigenvalue weighted by atomic mass is 16.7. The standard InChI is InChI=1S/C22H33NO13/c1-10(24)31-9-16-18(33-12(3)26)19(34-13(4)27)17(32-11(2)25)15(35-16)8-14(20(28)29)23-21(30)36-22(5,6)7/h14-19H,8-9H2,1-7H3,(H,23,30)(H,28,29)/t14?,15-,16+,17-,18-,19+/m0/s1. The van der Waals surface area contributed by atoms with Crippen LogP contribution in [0.5, 0.6) is 0 Å². The zero-order valence-corrected chi connectivity index (χ0v) is 21.2. The second-order valence-electron chi connectivity index (χ2n) is 9.01. The molecule has 0 aromatic rings. The molecule has 14 nitrogen and oxygen atoms in total. The van der Waals surface area contributed by atoms with Crippen LogP contribution in [0, 0.1) is 0 Å². The molecule has 0 radical (unpaired) electrons. The third kappa shape index (κ3) is 10.5. The van der Waals surface area contributed by atoms with E-state index in [2.05, 4.69) is 5.32 Å². The van der Waals surface area contributed by atoms with E-state index in [1.54, 1.807) is 20.8 Å². The molecule has 1 aliphatic rings. The van der Waals surface area contributed by atoms with Crippen molar-refractivity contribution in [2.75, 3.05) is 6.61 Å². The van der Waals surface area contributed by atoms with Crippen LogP contribution in [0.15, 0.2) is 0 Å². The van der Waals surface area contributed by atoms with Crippen LogP contribution in [0.4, 0.5) is 4.79 Å². The van der Waals surface area contributed by atoms with Gasteiger partial charge in [0, 0.05) is 34.1 Å². The molecule has 1 amide bonds. The first-order chi connectivity index (χ1) is 16.5. The molecule has 1 saturated heterocycles. The number of nitrogens with one attached hydrogen (secondary N) is 1. The van der Waals surface area contributed by atoms with Crippen molar-refractivity contribution in [3.05, 3.63) is 0 Å². The zero-order valence-electron chi connectivity index (χ0n) is 21.2. The number of carbonyl (C=O) groups is 6. The number of carboxylic acids is 1. The number of aliphatic carboxylic acids is 1. The molecule has 0 saturated carbocycles. The van der Waals surface area contributed by atoms with Gasteiger partial charge in [0.25, 0.3) is 0 Å². The van der Waals surface area contributed by atoms with Gasteiger partial charge in [-0.1, -0.05) is 0 Å². The molecule has 1 unspecified atom stereocenters. The molecule has 1 heterocycles. The van der Waals surface area contributed by atoms with E-state index in [0.29, 0.717) is 0 Å². The van der Waals surface area contributed by atoms with Gasteiger partial charge in [0.05, 0.1) is 0 Å². The first-order valence-electron chi connectivity index (χ1n) is 11.0. The molecule has 1 fully saturated rings. The Morgan fingerprint density at radius 2 is 1.28 bits per heavy atom. The van der Waals surface area contributed by atoms with Crippen molar-refractivity contribution in [1.82, 2.24) is 5.32 Å². The van der Waals surface area contributed by atoms with Crippen LogP contribution >= 0.6 is 0 Å². The molecule has 0 bridgehead atoms. The van der Waals surface area contributed by atoms with Crippen molar-refractivity contribution < 1.29 is 62.3 Å². The minimum atomic E-state index is -1.60. The summed E-state index contributed by atoms with van der Waals surface area (Å²) in [6, 6.07) is -1.60. The number of carbonyl (C=O) groups excluding carboxylic acids is 5. The fourth-order valence-corrected chi connectivity index (χ4v) is 3.41. The van der Waals surface area contributed by atoms with Crippen LogP contribution in [-0.2, 0) is 52.4 Å². The lowest BCUT2D eigenvalue weighted by atomic mass is 9.90. The average Bonchev–Trinajstić information content (AvgIpc) is 2.67. The molecular formula is C22H33NO13. The summed E-state index contributed by atoms with van der Waals surface area (Å²) in [6.07, 6.45) is -8.36. The molecule has 204 valence electrons. The van der Waals surface area contributed by atoms with Crippen LogP contribution in [0.1, 0.15) is 54.9 Å². The predicted octanol–water partition coefficient (Wildman–Crippen LogP) is 0.480. The maximum absolute atomic E-state index is 12.2. The number of esters is 4. The minimum Gasteiger partial charge on any atom is -0.480 e. The van der Waals surface area contributed by atoms with Crippen LogP contribution < -0.4 is 5.32 Å². The maximum Gasteiger partial charge on any atom is 0.408 e. The fourth-order valence-electron chi connectivity index (χ4n) is 3.41. The number of ether oxygens (including phenoxy) is 6. The third-order valence-corrected chi connectivity index (χ3v) is 4.54. The van der Waals surface area contributed by atoms with Gasteiger partial charge >= 0.3 is 35.9 Å². The van der Waals surface area contributed by atoms with Gasteiger partial charge < -0.3 is 38.8 Å². The van der Waals surface area contributed by atoms with E-state index in [1.807, 2.05) is 0 Å². The van der Waals surface area contributed by atoms with Gasteiger partial charge in [0.1, 0.15) is 30.5 Å². The van der Waals surface area contributed by atoms with Crippen molar-refractivity contribution in [2.24, 2.45) is 0 Å². The lowest BCUT2D eigenvalue weighted by molar-refractivity contribution is -0.254. The monoisotopic (exact) mass is 519 g/mol. The molecule has 1 rings (SSSR count). The van der Waals surface area contributed by atoms with Crippen LogP contribution in [0.3, 0.4) is 0 Å². The molecule has 6 atom stereocenters. The number of carboxylic acid groups (broad SMARTS) is 1. The minimum absolute atomic E-state index is 0.467. The van der Waals surface area contributed by atoms with Gasteiger partial charge in [-0.05, 0) is 20.8 Å². The number of hydrogen-bond donors (Lipinski definition) is 2. The molecule has 1 aliphatic heterocycles. The first-order valence-corrected chi connectivity index (χ1v) is 11.0. The number of rotatable bonds is 9. The van der Waals surface area contributed by atoms with Crippen LogP contribution in [0.25, 0.3) is 0 Å². The normalized spacial score (nSPS) is 24.5. The van der Waals surface area contributed by atoms with E-state index >= 15 is 0 Å². The Hall–Kier alpha value is -3.42. The van der Waals surface area contributed by atoms with Crippen molar-refractivity contribution in [3.8, 4) is 0 Å². The molecule has 2 N–H and O–H groups in total. The SMILES string of the molecule is CC(=O)OC[C@H]1O[C@@H](CC(NC(=O)OC(C)(C)C)C(=O)O)[C@H](OC(C)=O)[C@@H](OC(C)=O)[C@H]1OC(C)=O. The summed E-state index contributed by atoms with van der Waals surface area (Å²) in [7, 11) is 0. The molecular weight excluding hydrogens is 486 g/mol. The molecule has 14 heteroatoms. The first kappa shape index (κ1) is 30.6. The molecule has 0 spiro atoms. The Kier molecular flexibility index (Phi) is 11.1. The van der Waals surface area contributed by atoms with Crippen molar-refractivity contribution >= 4 is 35.9 Å². The number of alkyl carbamates (subject to hydrolysis) is 1. The van der Waals surface area contributed by atoms with E-state index in [1.165, 1.54) is 0 Å². The Labute approximate surface area is 207 Å². The Balaban J connectivity index is 3.40. The van der Waals surface area contributed by atoms with Crippen molar-refractivity contribution in [1.29, 1.82) is 0 Å². The Morgan fingerprint density at radius 3 is 1.69 bits per heavy atom. The highest BCUT2D eigenvalue weighted by Crippen LogP contribution is 2.31. The third-order valence-electron chi connectivity index (χ3n) is 4.54. The quantitative estimate of drug-likeness (QED) is 0.316. The van der Waals surface area contributed by atoms with Gasteiger partial charge in [0.15, 0.2) is 18.3 Å². The molecule has 0 aromatic heterocycles. The summed E-state index contributed by atoms with van der Waals surface area (Å²) in [6.45, 7) is 8.60. The lowest BCUT2D eigenvalue weighted by Crippen LogP contribution is -2.63. The molecule has 0 aliphatic carbocycles. The zero-order chi connectivity index (χ0) is 27.8. The summed E-state index contributed by atoms with van der Waals surface area (Å²) >= 11 is 0. The van der Waals surface area contributed by atoms with E-state index in [-0.39, 0.29) is 0 Å². The summed E-state index contributed by atoms with van der Waals surface area (Å²) in [5.41, 5.74) is -0.915. The summed E-state index contributed by atoms with van der Waals surface area (Å²) in [4.78, 5) is 71.0. The van der Waals surface area contributed by atoms with Gasteiger partial charge in [-0.2, -0.15) is 0 Å². The van der Waals surface area contributed by atoms with E-state index in [4.69, 9.17) is 28.4 Å². The predicted molar refractivity (Wildman–Crippen MR) is 117 cm³/mol. The average molecular weight is 520 g/mol. The van der Waals surface area contributed by atoms with Gasteiger partial charge in [0.2, 0.25) is 0 Å². The molecule has 36 heavy (non-hydrogen) atoms. The summed E-state index contributed by atoms with van der Waals surface area (Å²) in [5.74, 6) is -4.63. The topological polar surface area (TPSA) is 190 Å². The maximum atomic E-state index is 12.2. The largest absolute Gasteiger partial charge is 0.480 e. The van der Waals surface area contributed by atoms with Crippen molar-refractivity contribution in [3.63, 3.8) is 0 Å². The molecule has 0 aromatic carbocycles. The van der Waals surface area contributed by atoms with E-state index in [0.717, 1.165) is 27.7 Å². The second-order valence-corrected chi connectivity index (χ2v) is 9.01. The number of hydrogen-bond acceptors (Lipinski definition) is 12. The van der Waals surface area contributed by atoms with Gasteiger partial charge in [-0.3, -0.25) is 19.2 Å². The fraction of sp³-hybridized carbons (Fsp3) is 0.727. The number of amides is 1. The van der Waals surface area contributed by atoms with Gasteiger partial charge in [-0.25, -0.2) is 9.59 Å². The van der Waals surface area contributed by atoms with E-state index in [9.17, 15) is 33.9 Å². The summed E-state index contributed by atoms with van der Waals surface area (Å²) in [5, 5.41) is 11.9. The summed E-state index contributed by atoms with van der Waals surface area (Å²) < 4.78 is 31.8. The Morgan fingerprint density at radius 1 is 0.806 bits per heavy atom. The van der Waals surface area contributed by atoms with Gasteiger partial charge in [-0.15, -0.1) is 0 Å².